The number of halogens is 5. The highest BCUT2D eigenvalue weighted by atomic mass is 32.2. The van der Waals surface area contributed by atoms with E-state index in [2.05, 4.69) is 25.6 Å². The Bertz CT molecular complexity index is 1640. The second-order valence-corrected chi connectivity index (χ2v) is 12.9. The van der Waals surface area contributed by atoms with Crippen molar-refractivity contribution in [1.29, 1.82) is 0 Å². The largest absolute Gasteiger partial charge is 0.573 e. The van der Waals surface area contributed by atoms with Crippen molar-refractivity contribution in [3.8, 4) is 5.75 Å². The van der Waals surface area contributed by atoms with Gasteiger partial charge in [0.2, 0.25) is 22.3 Å². The second-order valence-electron chi connectivity index (χ2n) is 9.94. The first kappa shape index (κ1) is 34.7. The number of alkyl halides is 5. The predicted molar refractivity (Wildman–Crippen MR) is 159 cm³/mol. The summed E-state index contributed by atoms with van der Waals surface area (Å²) in [4.78, 5) is 28.7. The third-order valence-corrected chi connectivity index (χ3v) is 9.87. The van der Waals surface area contributed by atoms with Gasteiger partial charge >= 0.3 is 6.36 Å². The highest BCUT2D eigenvalue weighted by Crippen LogP contribution is 2.32. The molecular weight excluding hydrogens is 659 g/mol. The molecule has 1 saturated heterocycles. The highest BCUT2D eigenvalue weighted by molar-refractivity contribution is 7.89. The number of hydrazone groups is 1. The van der Waals surface area contributed by atoms with E-state index in [0.717, 1.165) is 34.7 Å². The molecule has 3 heterocycles. The zero-order chi connectivity index (χ0) is 33.5. The number of hydrogen-bond donors (Lipinski definition) is 2. The lowest BCUT2D eigenvalue weighted by molar-refractivity contribution is -0.274. The summed E-state index contributed by atoms with van der Waals surface area (Å²) >= 11 is 1.36. The Morgan fingerprint density at radius 3 is 2.26 bits per heavy atom. The van der Waals surface area contributed by atoms with Crippen molar-refractivity contribution < 1.29 is 44.7 Å². The zero-order valence-electron chi connectivity index (χ0n) is 24.3. The molecule has 0 unspecified atom stereocenters. The topological polar surface area (TPSA) is 133 Å². The first-order valence-electron chi connectivity index (χ1n) is 13.8. The molecule has 2 N–H and O–H groups in total. The third-order valence-electron chi connectivity index (χ3n) is 6.83. The zero-order valence-corrected chi connectivity index (χ0v) is 25.9. The number of anilines is 1. The molecule has 2 amide bonds. The average molecular weight is 689 g/mol. The van der Waals surface area contributed by atoms with Crippen LogP contribution in [0.5, 0.6) is 5.75 Å². The number of aromatic nitrogens is 1. The van der Waals surface area contributed by atoms with Gasteiger partial charge in [0.25, 0.3) is 5.92 Å². The molecule has 46 heavy (non-hydrogen) atoms. The Balaban J connectivity index is 0.000000270. The van der Waals surface area contributed by atoms with Crippen LogP contribution >= 0.6 is 11.3 Å². The number of nitrogens with zero attached hydrogens (tertiary/aromatic N) is 4. The van der Waals surface area contributed by atoms with Gasteiger partial charge in [-0.25, -0.2) is 27.6 Å². The second kappa shape index (κ2) is 14.5. The van der Waals surface area contributed by atoms with Gasteiger partial charge in [0.05, 0.1) is 17.5 Å². The summed E-state index contributed by atoms with van der Waals surface area (Å²) in [5.41, 5.74) is 3.80. The summed E-state index contributed by atoms with van der Waals surface area (Å²) in [5.74, 6) is -3.49. The number of nitrogens with one attached hydrogen (secondary N) is 2. The van der Waals surface area contributed by atoms with Crippen LogP contribution in [-0.4, -0.2) is 68.8 Å². The summed E-state index contributed by atoms with van der Waals surface area (Å²) in [6.45, 7) is 2.93. The van der Waals surface area contributed by atoms with Crippen LogP contribution in [0.15, 0.2) is 58.5 Å². The van der Waals surface area contributed by atoms with Gasteiger partial charge < -0.3 is 15.0 Å². The van der Waals surface area contributed by atoms with Crippen molar-refractivity contribution in [3.63, 3.8) is 0 Å². The molecule has 5 rings (SSSR count). The van der Waals surface area contributed by atoms with Crippen molar-refractivity contribution in [1.82, 2.24) is 20.0 Å². The van der Waals surface area contributed by atoms with Crippen molar-refractivity contribution in [2.75, 3.05) is 31.1 Å². The number of hydrogen-bond acceptors (Lipinski definition) is 9. The van der Waals surface area contributed by atoms with Crippen LogP contribution in [0.4, 0.5) is 27.1 Å². The van der Waals surface area contributed by atoms with Gasteiger partial charge in [-0.2, -0.15) is 9.41 Å². The Morgan fingerprint density at radius 1 is 1.02 bits per heavy atom. The van der Waals surface area contributed by atoms with Gasteiger partial charge in [0.15, 0.2) is 5.13 Å². The molecule has 0 saturated carbocycles. The molecule has 3 aromatic rings. The normalized spacial score (nSPS) is 15.6. The molecule has 18 heteroatoms. The lowest BCUT2D eigenvalue weighted by atomic mass is 10.0. The van der Waals surface area contributed by atoms with Gasteiger partial charge in [-0.15, -0.1) is 24.5 Å². The Kier molecular flexibility index (Phi) is 10.9. The number of thiazole rings is 1. The van der Waals surface area contributed by atoms with Gasteiger partial charge in [-0.1, -0.05) is 31.2 Å². The number of sulfonamides is 1. The molecule has 0 aliphatic carbocycles. The first-order chi connectivity index (χ1) is 21.7. The quantitative estimate of drug-likeness (QED) is 0.257. The molecule has 248 valence electrons. The molecule has 1 fully saturated rings. The fourth-order valence-electron chi connectivity index (χ4n) is 4.38. The van der Waals surface area contributed by atoms with Crippen LogP contribution < -0.4 is 20.4 Å². The van der Waals surface area contributed by atoms with Crippen LogP contribution in [0.25, 0.3) is 0 Å². The summed E-state index contributed by atoms with van der Waals surface area (Å²) in [6, 6.07) is 10.1. The van der Waals surface area contributed by atoms with E-state index in [1.165, 1.54) is 40.9 Å². The van der Waals surface area contributed by atoms with E-state index in [1.54, 1.807) is 12.1 Å². The monoisotopic (exact) mass is 688 g/mol. The van der Waals surface area contributed by atoms with Crippen molar-refractivity contribution in [2.45, 2.75) is 43.5 Å². The molecule has 0 atom stereocenters. The van der Waals surface area contributed by atoms with Crippen LogP contribution in [0, 0.1) is 0 Å². The highest BCUT2D eigenvalue weighted by Gasteiger charge is 2.33. The number of fused-ring (bicyclic) bond motifs is 1. The minimum atomic E-state index is -4.85. The SMILES string of the molecule is CCC(F)(F)c1ccc(CNC=O)cc1.O=C1Cc2sc(N3CCN(S(=O)(=O)c4ccc(OC(F)(F)F)cc4)CC3)nc2C=NN1. The van der Waals surface area contributed by atoms with E-state index >= 15 is 0 Å². The van der Waals surface area contributed by atoms with Gasteiger partial charge in [0, 0.05) is 49.6 Å². The fraction of sp³-hybridized carbons (Fsp3) is 0.357. The Hall–Kier alpha value is -4.16. The van der Waals surface area contributed by atoms with Gasteiger partial charge in [0.1, 0.15) is 11.4 Å². The minimum absolute atomic E-state index is 0.0138. The maximum absolute atomic E-state index is 13.2. The molecule has 0 spiro atoms. The molecular formula is C28H29F5N6O5S2. The number of amides is 2. The Labute approximate surface area is 265 Å². The van der Waals surface area contributed by atoms with Crippen molar-refractivity contribution >= 4 is 45.0 Å². The van der Waals surface area contributed by atoms with Gasteiger partial charge in [-0.05, 0) is 29.8 Å². The van der Waals surface area contributed by atoms with Crippen molar-refractivity contribution in [2.24, 2.45) is 5.10 Å². The van der Waals surface area contributed by atoms with Crippen LogP contribution in [0.2, 0.25) is 0 Å². The molecule has 0 radical (unpaired) electrons. The molecule has 2 aliphatic heterocycles. The standard InChI is InChI=1S/C17H16F3N5O4S2.C11H13F2NO/c18-17(19,20)29-11-1-3-12(4-2-11)31(27,28)25-7-5-24(6-8-25)16-22-13-10-21-23-15(26)9-14(13)30-16;1-2-11(12,13)10-5-3-9(4-6-10)7-14-8-15/h1-4,10H,5-9H2,(H,23,26);3-6,8H,2,7H2,1H3,(H,14,15). The molecule has 0 bridgehead atoms. The van der Waals surface area contributed by atoms with E-state index in [1.807, 2.05) is 4.90 Å². The lowest BCUT2D eigenvalue weighted by Gasteiger charge is -2.33. The number of benzene rings is 2. The summed E-state index contributed by atoms with van der Waals surface area (Å²) in [6.07, 6.45) is -2.82. The first-order valence-corrected chi connectivity index (χ1v) is 16.0. The lowest BCUT2D eigenvalue weighted by Crippen LogP contribution is -2.48. The minimum Gasteiger partial charge on any atom is -0.406 e. The average Bonchev–Trinajstić information content (AvgIpc) is 3.33. The summed E-state index contributed by atoms with van der Waals surface area (Å²) in [5, 5.41) is 6.94. The maximum atomic E-state index is 13.2. The van der Waals surface area contributed by atoms with E-state index in [4.69, 9.17) is 0 Å². The van der Waals surface area contributed by atoms with Crippen LogP contribution in [0.1, 0.15) is 35.0 Å². The van der Waals surface area contributed by atoms with E-state index < -0.39 is 28.1 Å². The summed E-state index contributed by atoms with van der Waals surface area (Å²) < 4.78 is 93.9. The number of ether oxygens (including phenoxy) is 1. The third kappa shape index (κ3) is 8.97. The van der Waals surface area contributed by atoms with E-state index in [0.29, 0.717) is 36.9 Å². The van der Waals surface area contributed by atoms with E-state index in [9.17, 15) is 40.0 Å². The summed E-state index contributed by atoms with van der Waals surface area (Å²) in [7, 11) is -3.86. The number of rotatable bonds is 9. The smallest absolute Gasteiger partial charge is 0.406 e. The maximum Gasteiger partial charge on any atom is 0.573 e. The Morgan fingerprint density at radius 2 is 1.67 bits per heavy atom. The van der Waals surface area contributed by atoms with E-state index in [-0.39, 0.29) is 42.3 Å². The molecule has 1 aromatic heterocycles. The van der Waals surface area contributed by atoms with Crippen LogP contribution in [0.3, 0.4) is 0 Å². The fourth-order valence-corrected chi connectivity index (χ4v) is 6.88. The number of carbonyl (C=O) groups excluding carboxylic acids is 2. The van der Waals surface area contributed by atoms with Gasteiger partial charge in [-0.3, -0.25) is 9.59 Å². The number of carbonyl (C=O) groups is 2. The van der Waals surface area contributed by atoms with Crippen LogP contribution in [-0.2, 0) is 38.5 Å². The van der Waals surface area contributed by atoms with Crippen molar-refractivity contribution in [3.05, 3.63) is 70.2 Å². The predicted octanol–water partition coefficient (Wildman–Crippen LogP) is 3.99. The molecule has 2 aromatic carbocycles. The molecule has 11 nitrogen and oxygen atoms in total. The number of piperazine rings is 1. The molecule has 2 aliphatic rings.